The molecule has 0 unspecified atom stereocenters. The lowest BCUT2D eigenvalue weighted by molar-refractivity contribution is -0.141. The van der Waals surface area contributed by atoms with E-state index in [1.165, 1.54) is 7.11 Å². The Labute approximate surface area is 123 Å². The lowest BCUT2D eigenvalue weighted by Crippen LogP contribution is -2.08. The van der Waals surface area contributed by atoms with Crippen molar-refractivity contribution in [2.24, 2.45) is 5.73 Å². The zero-order valence-electron chi connectivity index (χ0n) is 10.0. The SMILES string of the molecule is COC(=O)CCOc1c(Br)cc(CCN)cc1Br. The molecule has 1 aromatic rings. The van der Waals surface area contributed by atoms with Crippen LogP contribution in [0.2, 0.25) is 0 Å². The Morgan fingerprint density at radius 1 is 1.33 bits per heavy atom. The maximum atomic E-state index is 11.0. The van der Waals surface area contributed by atoms with Crippen LogP contribution in [0.5, 0.6) is 5.75 Å². The van der Waals surface area contributed by atoms with Crippen molar-refractivity contribution < 1.29 is 14.3 Å². The topological polar surface area (TPSA) is 61.5 Å². The maximum Gasteiger partial charge on any atom is 0.308 e. The molecule has 0 spiro atoms. The van der Waals surface area contributed by atoms with Crippen LogP contribution in [0, 0.1) is 0 Å². The molecule has 4 nitrogen and oxygen atoms in total. The van der Waals surface area contributed by atoms with Gasteiger partial charge < -0.3 is 15.2 Å². The molecular formula is C12H15Br2NO3. The van der Waals surface area contributed by atoms with Gasteiger partial charge in [-0.25, -0.2) is 0 Å². The van der Waals surface area contributed by atoms with Gasteiger partial charge in [0.2, 0.25) is 0 Å². The van der Waals surface area contributed by atoms with Gasteiger partial charge in [-0.2, -0.15) is 0 Å². The first-order valence-electron chi connectivity index (χ1n) is 5.46. The summed E-state index contributed by atoms with van der Waals surface area (Å²) in [5, 5.41) is 0. The number of esters is 1. The van der Waals surface area contributed by atoms with Gasteiger partial charge in [0, 0.05) is 0 Å². The fourth-order valence-electron chi connectivity index (χ4n) is 1.40. The van der Waals surface area contributed by atoms with Crippen molar-refractivity contribution in [3.8, 4) is 5.75 Å². The average molecular weight is 381 g/mol. The number of benzene rings is 1. The number of carbonyl (C=O) groups excluding carboxylic acids is 1. The molecule has 0 aliphatic heterocycles. The second-order valence-corrected chi connectivity index (χ2v) is 5.31. The zero-order chi connectivity index (χ0) is 13.5. The van der Waals surface area contributed by atoms with E-state index in [1.807, 2.05) is 12.1 Å². The van der Waals surface area contributed by atoms with E-state index in [0.717, 1.165) is 20.9 Å². The zero-order valence-corrected chi connectivity index (χ0v) is 13.2. The molecule has 0 heterocycles. The summed E-state index contributed by atoms with van der Waals surface area (Å²) < 4.78 is 11.8. The third-order valence-corrected chi connectivity index (χ3v) is 3.45. The van der Waals surface area contributed by atoms with E-state index in [2.05, 4.69) is 36.6 Å². The molecule has 0 aliphatic rings. The summed E-state index contributed by atoms with van der Waals surface area (Å²) >= 11 is 6.88. The molecule has 1 rings (SSSR count). The van der Waals surface area contributed by atoms with Crippen molar-refractivity contribution >= 4 is 37.8 Å². The fraction of sp³-hybridized carbons (Fsp3) is 0.417. The van der Waals surface area contributed by atoms with E-state index in [0.29, 0.717) is 12.3 Å². The molecule has 0 radical (unpaired) electrons. The minimum Gasteiger partial charge on any atom is -0.491 e. The largest absolute Gasteiger partial charge is 0.491 e. The van der Waals surface area contributed by atoms with Crippen LogP contribution in [0.15, 0.2) is 21.1 Å². The summed E-state index contributed by atoms with van der Waals surface area (Å²) in [4.78, 5) is 11.0. The van der Waals surface area contributed by atoms with Crippen LogP contribution in [0.25, 0.3) is 0 Å². The molecule has 0 fully saturated rings. The summed E-state index contributed by atoms with van der Waals surface area (Å²) in [7, 11) is 1.36. The third kappa shape index (κ3) is 4.59. The van der Waals surface area contributed by atoms with Gasteiger partial charge in [0.15, 0.2) is 0 Å². The first-order valence-corrected chi connectivity index (χ1v) is 7.04. The van der Waals surface area contributed by atoms with Gasteiger partial charge in [0.25, 0.3) is 0 Å². The highest BCUT2D eigenvalue weighted by Crippen LogP contribution is 2.34. The highest BCUT2D eigenvalue weighted by molar-refractivity contribution is 9.11. The maximum absolute atomic E-state index is 11.0. The number of nitrogens with two attached hydrogens (primary N) is 1. The van der Waals surface area contributed by atoms with E-state index in [4.69, 9.17) is 10.5 Å². The van der Waals surface area contributed by atoms with Crippen LogP contribution in [0.3, 0.4) is 0 Å². The van der Waals surface area contributed by atoms with Crippen LogP contribution < -0.4 is 10.5 Å². The number of methoxy groups -OCH3 is 1. The predicted octanol–water partition coefficient (Wildman–Crippen LogP) is 2.65. The quantitative estimate of drug-likeness (QED) is 0.770. The van der Waals surface area contributed by atoms with E-state index in [9.17, 15) is 4.79 Å². The molecular weight excluding hydrogens is 366 g/mol. The van der Waals surface area contributed by atoms with Crippen LogP contribution in [-0.4, -0.2) is 26.2 Å². The van der Waals surface area contributed by atoms with Crippen molar-refractivity contribution in [1.29, 1.82) is 0 Å². The van der Waals surface area contributed by atoms with Crippen molar-refractivity contribution in [2.45, 2.75) is 12.8 Å². The fourth-order valence-corrected chi connectivity index (χ4v) is 2.91. The summed E-state index contributed by atoms with van der Waals surface area (Å²) in [6, 6.07) is 3.93. The summed E-state index contributed by atoms with van der Waals surface area (Å²) in [6.07, 6.45) is 1.03. The molecule has 0 bridgehead atoms. The molecule has 0 aliphatic carbocycles. The Morgan fingerprint density at radius 3 is 2.44 bits per heavy atom. The predicted molar refractivity (Wildman–Crippen MR) is 76.7 cm³/mol. The van der Waals surface area contributed by atoms with Crippen molar-refractivity contribution in [1.82, 2.24) is 0 Å². The minimum atomic E-state index is -0.290. The minimum absolute atomic E-state index is 0.222. The van der Waals surface area contributed by atoms with Crippen LogP contribution >= 0.6 is 31.9 Å². The number of carbonyl (C=O) groups is 1. The van der Waals surface area contributed by atoms with Crippen LogP contribution in [0.4, 0.5) is 0 Å². The summed E-state index contributed by atoms with van der Waals surface area (Å²) in [5.41, 5.74) is 6.64. The van der Waals surface area contributed by atoms with Crippen molar-refractivity contribution in [3.63, 3.8) is 0 Å². The van der Waals surface area contributed by atoms with Gasteiger partial charge in [-0.3, -0.25) is 4.79 Å². The van der Waals surface area contributed by atoms with Gasteiger partial charge in [-0.05, 0) is 62.5 Å². The normalized spacial score (nSPS) is 10.2. The molecule has 18 heavy (non-hydrogen) atoms. The Balaban J connectivity index is 2.68. The first kappa shape index (κ1) is 15.5. The number of halogens is 2. The highest BCUT2D eigenvalue weighted by Gasteiger charge is 2.10. The monoisotopic (exact) mass is 379 g/mol. The van der Waals surface area contributed by atoms with Gasteiger partial charge in [0.1, 0.15) is 5.75 Å². The summed E-state index contributed by atoms with van der Waals surface area (Å²) in [5.74, 6) is 0.390. The lowest BCUT2D eigenvalue weighted by Gasteiger charge is -2.11. The van der Waals surface area contributed by atoms with Crippen molar-refractivity contribution in [3.05, 3.63) is 26.6 Å². The molecule has 0 atom stereocenters. The van der Waals surface area contributed by atoms with Gasteiger partial charge >= 0.3 is 5.97 Å². The number of hydrogen-bond acceptors (Lipinski definition) is 4. The van der Waals surface area contributed by atoms with Crippen LogP contribution in [0.1, 0.15) is 12.0 Å². The summed E-state index contributed by atoms with van der Waals surface area (Å²) in [6.45, 7) is 0.877. The number of rotatable bonds is 6. The Bertz CT molecular complexity index is 401. The van der Waals surface area contributed by atoms with Crippen molar-refractivity contribution in [2.75, 3.05) is 20.3 Å². The van der Waals surface area contributed by atoms with E-state index in [-0.39, 0.29) is 19.0 Å². The number of hydrogen-bond donors (Lipinski definition) is 1. The molecule has 100 valence electrons. The van der Waals surface area contributed by atoms with Gasteiger partial charge in [-0.1, -0.05) is 0 Å². The molecule has 0 saturated heterocycles. The number of ether oxygens (including phenoxy) is 2. The second kappa shape index (κ2) is 7.76. The second-order valence-electron chi connectivity index (χ2n) is 3.60. The Kier molecular flexibility index (Phi) is 6.67. The Morgan fingerprint density at radius 2 is 1.94 bits per heavy atom. The van der Waals surface area contributed by atoms with Crippen LogP contribution in [-0.2, 0) is 16.0 Å². The molecule has 0 saturated carbocycles. The standard InChI is InChI=1S/C12H15Br2NO3/c1-17-11(16)3-5-18-12-9(13)6-8(2-4-15)7-10(12)14/h6-7H,2-5,15H2,1H3. The van der Waals surface area contributed by atoms with Gasteiger partial charge in [0.05, 0.1) is 29.1 Å². The first-order chi connectivity index (χ1) is 8.58. The van der Waals surface area contributed by atoms with Gasteiger partial charge in [-0.15, -0.1) is 0 Å². The molecule has 0 amide bonds. The highest BCUT2D eigenvalue weighted by atomic mass is 79.9. The molecule has 2 N–H and O–H groups in total. The van der Waals surface area contributed by atoms with E-state index in [1.54, 1.807) is 0 Å². The smallest absolute Gasteiger partial charge is 0.308 e. The molecule has 0 aromatic heterocycles. The molecule has 1 aromatic carbocycles. The van der Waals surface area contributed by atoms with E-state index < -0.39 is 0 Å². The lowest BCUT2D eigenvalue weighted by atomic mass is 10.1. The Hall–Kier alpha value is -0.590. The van der Waals surface area contributed by atoms with E-state index >= 15 is 0 Å². The average Bonchev–Trinajstić information content (AvgIpc) is 2.32. The third-order valence-electron chi connectivity index (χ3n) is 2.27. The molecule has 6 heteroatoms.